The molecule has 0 aliphatic carbocycles. The zero-order valence-electron chi connectivity index (χ0n) is 21.0. The number of furan rings is 1. The number of aliphatic hydroxyl groups is 1. The first-order chi connectivity index (χ1) is 19.2. The predicted molar refractivity (Wildman–Crippen MR) is 138 cm³/mol. The van der Waals surface area contributed by atoms with Crippen molar-refractivity contribution in [1.29, 1.82) is 0 Å². The van der Waals surface area contributed by atoms with Gasteiger partial charge in [0.25, 0.3) is 7.37 Å². The lowest BCUT2D eigenvalue weighted by Gasteiger charge is -2.30. The average molecular weight is 572 g/mol. The fraction of sp³-hybridized carbons (Fsp3) is 0.259. The van der Waals surface area contributed by atoms with Gasteiger partial charge in [0.05, 0.1) is 30.4 Å². The van der Waals surface area contributed by atoms with Crippen LogP contribution >= 0.6 is 7.37 Å². The van der Waals surface area contributed by atoms with Crippen LogP contribution in [0.4, 0.5) is 0 Å². The third-order valence-corrected chi connectivity index (χ3v) is 8.37. The van der Waals surface area contributed by atoms with Gasteiger partial charge in [0, 0.05) is 5.56 Å². The van der Waals surface area contributed by atoms with E-state index in [-0.39, 0.29) is 18.5 Å². The van der Waals surface area contributed by atoms with Crippen LogP contribution in [0.15, 0.2) is 65.1 Å². The van der Waals surface area contributed by atoms with E-state index in [0.29, 0.717) is 16.6 Å². The van der Waals surface area contributed by atoms with Gasteiger partial charge < -0.3 is 33.4 Å². The van der Waals surface area contributed by atoms with Gasteiger partial charge in [0.15, 0.2) is 0 Å². The highest BCUT2D eigenvalue weighted by molar-refractivity contribution is 7.67. The summed E-state index contributed by atoms with van der Waals surface area (Å²) in [4.78, 5) is 48.3. The number of esters is 3. The van der Waals surface area contributed by atoms with Crippen LogP contribution in [-0.2, 0) is 28.4 Å². The number of benzene rings is 2. The van der Waals surface area contributed by atoms with E-state index in [1.54, 1.807) is 36.4 Å². The molecular weight excluding hydrogens is 547 g/mol. The van der Waals surface area contributed by atoms with Gasteiger partial charge in [-0.15, -0.1) is 0 Å². The molecule has 1 aliphatic heterocycles. The topological polar surface area (TPSA) is 176 Å². The van der Waals surface area contributed by atoms with Crippen molar-refractivity contribution in [1.82, 2.24) is 0 Å². The number of carbonyl (C=O) groups excluding carboxylic acids is 3. The van der Waals surface area contributed by atoms with E-state index >= 15 is 0 Å². The second kappa shape index (κ2) is 12.6. The summed E-state index contributed by atoms with van der Waals surface area (Å²) >= 11 is 0. The van der Waals surface area contributed by atoms with Crippen molar-refractivity contribution >= 4 is 36.6 Å². The predicted octanol–water partition coefficient (Wildman–Crippen LogP) is 2.88. The molecule has 1 aromatic heterocycles. The molecular formula is C27H25O12P. The van der Waals surface area contributed by atoms with Gasteiger partial charge in [-0.2, -0.15) is 0 Å². The number of aliphatic hydroxyl groups excluding tert-OH is 1. The highest BCUT2D eigenvalue weighted by Gasteiger charge is 2.41. The number of hydrogen-bond acceptors (Lipinski definition) is 11. The normalized spacial score (nSPS) is 16.0. The van der Waals surface area contributed by atoms with Gasteiger partial charge in [-0.05, 0) is 29.8 Å². The number of carboxylic acid groups (broad SMARTS) is 1. The summed E-state index contributed by atoms with van der Waals surface area (Å²) in [7, 11) is -3.73. The lowest BCUT2D eigenvalue weighted by Crippen LogP contribution is -2.30. The molecule has 2 aromatic carbocycles. The molecule has 4 rings (SSSR count). The zero-order valence-corrected chi connectivity index (χ0v) is 21.9. The number of fused-ring (bicyclic) bond motifs is 3. The molecule has 0 fully saturated rings. The summed E-state index contributed by atoms with van der Waals surface area (Å²) in [5, 5.41) is 18.2. The summed E-state index contributed by atoms with van der Waals surface area (Å²) in [5.74, 6) is -5.72. The van der Waals surface area contributed by atoms with E-state index in [9.17, 15) is 23.7 Å². The average Bonchev–Trinajstić information content (AvgIpc) is 3.45. The minimum Gasteiger partial charge on any atom is -0.475 e. The van der Waals surface area contributed by atoms with Gasteiger partial charge in [0.1, 0.15) is 25.6 Å². The van der Waals surface area contributed by atoms with Crippen molar-refractivity contribution in [3.63, 3.8) is 0 Å². The van der Waals surface area contributed by atoms with Crippen LogP contribution in [0.25, 0.3) is 11.1 Å². The Morgan fingerprint density at radius 3 is 2.23 bits per heavy atom. The Kier molecular flexibility index (Phi) is 9.03. The number of ether oxygens (including phenoxy) is 3. The Bertz CT molecular complexity index is 1460. The molecule has 2 atom stereocenters. The van der Waals surface area contributed by atoms with E-state index in [2.05, 4.69) is 0 Å². The van der Waals surface area contributed by atoms with E-state index in [0.717, 1.165) is 17.7 Å². The first-order valence-corrected chi connectivity index (χ1v) is 13.9. The van der Waals surface area contributed by atoms with Crippen molar-refractivity contribution in [2.24, 2.45) is 5.92 Å². The number of hydrogen-bond donors (Lipinski definition) is 2. The van der Waals surface area contributed by atoms with Crippen LogP contribution in [0.3, 0.4) is 0 Å². The number of carbonyl (C=O) groups is 4. The first-order valence-electron chi connectivity index (χ1n) is 12.1. The highest BCUT2D eigenvalue weighted by atomic mass is 31.2. The standard InChI is InChI=1S/C27H25O12P/c28-11-12-35-24(29)15-17(26(32)36-13-14-37-27(33)22-10-9-21(38-22)25(30)31)16-40(34)23-8-4-2-6-19(23)18-5-1-3-7-20(18)39-40/h1-10,17,28H,11-16H2,(H,30,31). The molecule has 0 spiro atoms. The molecule has 1 aliphatic rings. The quantitative estimate of drug-likeness (QED) is 0.141. The second-order valence-corrected chi connectivity index (χ2v) is 11.0. The van der Waals surface area contributed by atoms with Crippen molar-refractivity contribution in [3.8, 4) is 16.9 Å². The van der Waals surface area contributed by atoms with Crippen LogP contribution < -0.4 is 9.83 Å². The molecule has 0 amide bonds. The molecule has 0 bridgehead atoms. The highest BCUT2D eigenvalue weighted by Crippen LogP contribution is 2.55. The maximum Gasteiger partial charge on any atom is 0.374 e. The summed E-state index contributed by atoms with van der Waals surface area (Å²) < 4.78 is 40.1. The summed E-state index contributed by atoms with van der Waals surface area (Å²) in [5.41, 5.74) is 1.42. The molecule has 12 nitrogen and oxygen atoms in total. The van der Waals surface area contributed by atoms with Crippen molar-refractivity contribution in [2.75, 3.05) is 32.6 Å². The monoisotopic (exact) mass is 572 g/mol. The Morgan fingerprint density at radius 1 is 0.825 bits per heavy atom. The molecule has 0 saturated heterocycles. The SMILES string of the molecule is O=C(CC(CP1(=O)Oc2ccccc2-c2ccccc21)C(=O)OCCOC(=O)c1ccc(C(=O)O)o1)OCCO. The molecule has 0 radical (unpaired) electrons. The lowest BCUT2D eigenvalue weighted by molar-refractivity contribution is -0.155. The van der Waals surface area contributed by atoms with Gasteiger partial charge >= 0.3 is 23.9 Å². The van der Waals surface area contributed by atoms with Crippen LogP contribution in [0.2, 0.25) is 0 Å². The molecule has 2 heterocycles. The van der Waals surface area contributed by atoms with Gasteiger partial charge in [-0.25, -0.2) is 9.59 Å². The van der Waals surface area contributed by atoms with E-state index < -0.39 is 69.2 Å². The molecule has 0 saturated carbocycles. The van der Waals surface area contributed by atoms with E-state index in [1.807, 2.05) is 12.1 Å². The fourth-order valence-electron chi connectivity index (χ4n) is 4.07. The van der Waals surface area contributed by atoms with Crippen LogP contribution in [0.1, 0.15) is 27.5 Å². The van der Waals surface area contributed by atoms with E-state index in [4.69, 9.17) is 33.4 Å². The smallest absolute Gasteiger partial charge is 0.374 e. The third kappa shape index (κ3) is 6.59. The number of rotatable bonds is 12. The Morgan fingerprint density at radius 2 is 1.50 bits per heavy atom. The van der Waals surface area contributed by atoms with Crippen molar-refractivity contribution in [2.45, 2.75) is 6.42 Å². The minimum absolute atomic E-state index is 0.280. The largest absolute Gasteiger partial charge is 0.475 e. The zero-order chi connectivity index (χ0) is 28.7. The Hall–Kier alpha value is -4.41. The summed E-state index contributed by atoms with van der Waals surface area (Å²) in [6, 6.07) is 16.2. The van der Waals surface area contributed by atoms with Gasteiger partial charge in [-0.1, -0.05) is 36.4 Å². The molecule has 3 aromatic rings. The minimum atomic E-state index is -3.73. The maximum atomic E-state index is 14.2. The van der Waals surface area contributed by atoms with Gasteiger partial charge in [0.2, 0.25) is 11.5 Å². The van der Waals surface area contributed by atoms with E-state index in [1.165, 1.54) is 0 Å². The Balaban J connectivity index is 1.45. The number of para-hydroxylation sites is 1. The van der Waals surface area contributed by atoms with Crippen molar-refractivity contribution in [3.05, 3.63) is 72.2 Å². The van der Waals surface area contributed by atoms with Crippen LogP contribution in [0, 0.1) is 5.92 Å². The number of aromatic carboxylic acids is 1. The fourth-order valence-corrected chi connectivity index (χ4v) is 6.65. The van der Waals surface area contributed by atoms with Gasteiger partial charge in [-0.3, -0.25) is 14.2 Å². The molecule has 210 valence electrons. The maximum absolute atomic E-state index is 14.2. The lowest BCUT2D eigenvalue weighted by atomic mass is 10.0. The summed E-state index contributed by atoms with van der Waals surface area (Å²) in [6.07, 6.45) is -0.879. The Labute approximate surface area is 227 Å². The van der Waals surface area contributed by atoms with Crippen LogP contribution in [0.5, 0.6) is 5.75 Å². The molecule has 40 heavy (non-hydrogen) atoms. The third-order valence-electron chi connectivity index (χ3n) is 5.83. The van der Waals surface area contributed by atoms with Crippen molar-refractivity contribution < 1.29 is 57.1 Å². The molecule has 13 heteroatoms. The van der Waals surface area contributed by atoms with Crippen LogP contribution in [-0.4, -0.2) is 66.7 Å². The first kappa shape index (κ1) is 28.6. The molecule has 2 unspecified atom stereocenters. The second-order valence-electron chi connectivity index (χ2n) is 8.58. The number of carboxylic acids is 1. The molecule has 2 N–H and O–H groups in total. The summed E-state index contributed by atoms with van der Waals surface area (Å²) in [6.45, 7) is -1.51.